The van der Waals surface area contributed by atoms with Gasteiger partial charge in [0, 0.05) is 11.1 Å². The van der Waals surface area contributed by atoms with Gasteiger partial charge in [-0.25, -0.2) is 8.42 Å². The summed E-state index contributed by atoms with van der Waals surface area (Å²) in [5.41, 5.74) is 0.858. The third-order valence-electron chi connectivity index (χ3n) is 5.03. The summed E-state index contributed by atoms with van der Waals surface area (Å²) < 4.78 is 28.5. The van der Waals surface area contributed by atoms with Crippen LogP contribution in [0.5, 0.6) is 0 Å². The van der Waals surface area contributed by atoms with Gasteiger partial charge >= 0.3 is 0 Å². The van der Waals surface area contributed by atoms with Crippen molar-refractivity contribution in [1.82, 2.24) is 10.0 Å². The highest BCUT2D eigenvalue weighted by Crippen LogP contribution is 2.25. The molecule has 0 aromatic heterocycles. The van der Waals surface area contributed by atoms with Gasteiger partial charge in [-0.1, -0.05) is 72.8 Å². The van der Waals surface area contributed by atoms with Crippen LogP contribution < -0.4 is 10.0 Å². The Kier molecular flexibility index (Phi) is 7.57. The molecule has 0 unspecified atom stereocenters. The molecular formula is C21H24Cl2N2O3S. The van der Waals surface area contributed by atoms with Crippen LogP contribution in [-0.4, -0.2) is 26.4 Å². The number of hydrogen-bond acceptors (Lipinski definition) is 3. The lowest BCUT2D eigenvalue weighted by Gasteiger charge is -2.26. The average Bonchev–Trinajstić information content (AvgIpc) is 2.70. The maximum Gasteiger partial charge on any atom is 0.242 e. The first kappa shape index (κ1) is 22.1. The van der Waals surface area contributed by atoms with E-state index < -0.39 is 16.1 Å². The van der Waals surface area contributed by atoms with E-state index in [4.69, 9.17) is 23.2 Å². The van der Waals surface area contributed by atoms with Crippen molar-refractivity contribution < 1.29 is 13.2 Å². The SMILES string of the molecule is O=C(NC1CCCCC1)[C@H](Cc1ccccc1)NS(=O)(=O)c1cc(Cl)ccc1Cl. The van der Waals surface area contributed by atoms with Gasteiger partial charge in [0.1, 0.15) is 10.9 Å². The molecule has 8 heteroatoms. The molecule has 2 aromatic carbocycles. The van der Waals surface area contributed by atoms with Gasteiger partial charge in [-0.3, -0.25) is 4.79 Å². The van der Waals surface area contributed by atoms with Crippen LogP contribution >= 0.6 is 23.2 Å². The summed E-state index contributed by atoms with van der Waals surface area (Å²) in [4.78, 5) is 12.8. The fourth-order valence-electron chi connectivity index (χ4n) is 3.52. The fourth-order valence-corrected chi connectivity index (χ4v) is 5.48. The normalized spacial score (nSPS) is 16.3. The molecule has 0 radical (unpaired) electrons. The molecule has 1 aliphatic rings. The molecule has 0 aliphatic heterocycles. The van der Waals surface area contributed by atoms with Crippen molar-refractivity contribution in [1.29, 1.82) is 0 Å². The summed E-state index contributed by atoms with van der Waals surface area (Å²) in [7, 11) is -4.05. The zero-order valence-electron chi connectivity index (χ0n) is 15.9. The number of carbonyl (C=O) groups is 1. The molecule has 0 heterocycles. The Morgan fingerprint density at radius 3 is 2.41 bits per heavy atom. The van der Waals surface area contributed by atoms with E-state index >= 15 is 0 Å². The lowest BCUT2D eigenvalue weighted by Crippen LogP contribution is -2.51. The van der Waals surface area contributed by atoms with Crippen LogP contribution in [0.1, 0.15) is 37.7 Å². The number of carbonyl (C=O) groups excluding carboxylic acids is 1. The molecule has 156 valence electrons. The molecule has 1 atom stereocenters. The lowest BCUT2D eigenvalue weighted by atomic mass is 9.95. The first-order valence-electron chi connectivity index (χ1n) is 9.67. The van der Waals surface area contributed by atoms with E-state index in [-0.39, 0.29) is 33.3 Å². The number of rotatable bonds is 7. The maximum atomic E-state index is 13.0. The van der Waals surface area contributed by atoms with Gasteiger partial charge in [0.15, 0.2) is 0 Å². The Morgan fingerprint density at radius 1 is 1.03 bits per heavy atom. The summed E-state index contributed by atoms with van der Waals surface area (Å²) in [5.74, 6) is -0.331. The van der Waals surface area contributed by atoms with Gasteiger partial charge in [0.2, 0.25) is 15.9 Å². The van der Waals surface area contributed by atoms with Crippen LogP contribution in [0, 0.1) is 0 Å². The summed E-state index contributed by atoms with van der Waals surface area (Å²) in [6.45, 7) is 0. The van der Waals surface area contributed by atoms with Crippen LogP contribution in [0.15, 0.2) is 53.4 Å². The minimum absolute atomic E-state index is 0.0491. The highest BCUT2D eigenvalue weighted by molar-refractivity contribution is 7.89. The van der Waals surface area contributed by atoms with Crippen molar-refractivity contribution >= 4 is 39.1 Å². The second kappa shape index (κ2) is 9.94. The number of hydrogen-bond donors (Lipinski definition) is 2. The second-order valence-corrected chi connectivity index (χ2v) is 9.81. The van der Waals surface area contributed by atoms with Gasteiger partial charge in [-0.15, -0.1) is 0 Å². The molecule has 29 heavy (non-hydrogen) atoms. The molecular weight excluding hydrogens is 431 g/mol. The van der Waals surface area contributed by atoms with Gasteiger partial charge in [0.05, 0.1) is 5.02 Å². The second-order valence-electron chi connectivity index (χ2n) is 7.28. The zero-order valence-corrected chi connectivity index (χ0v) is 18.2. The summed E-state index contributed by atoms with van der Waals surface area (Å²) >= 11 is 12.0. The molecule has 2 aromatic rings. The fraction of sp³-hybridized carbons (Fsp3) is 0.381. The maximum absolute atomic E-state index is 13.0. The molecule has 1 amide bonds. The Hall–Kier alpha value is -1.60. The molecule has 0 spiro atoms. The Morgan fingerprint density at radius 2 is 1.72 bits per heavy atom. The molecule has 0 bridgehead atoms. The van der Waals surface area contributed by atoms with E-state index in [1.807, 2.05) is 30.3 Å². The van der Waals surface area contributed by atoms with Crippen LogP contribution in [-0.2, 0) is 21.2 Å². The Bertz CT molecular complexity index is 946. The quantitative estimate of drug-likeness (QED) is 0.653. The van der Waals surface area contributed by atoms with E-state index in [9.17, 15) is 13.2 Å². The average molecular weight is 455 g/mol. The topological polar surface area (TPSA) is 75.3 Å². The number of sulfonamides is 1. The van der Waals surface area contributed by atoms with Crippen LogP contribution in [0.4, 0.5) is 0 Å². The number of amides is 1. The number of halogens is 2. The van der Waals surface area contributed by atoms with Gasteiger partial charge < -0.3 is 5.32 Å². The van der Waals surface area contributed by atoms with Crippen molar-refractivity contribution in [3.8, 4) is 0 Å². The highest BCUT2D eigenvalue weighted by atomic mass is 35.5. The van der Waals surface area contributed by atoms with Crippen LogP contribution in [0.2, 0.25) is 10.0 Å². The third-order valence-corrected chi connectivity index (χ3v) is 7.22. The van der Waals surface area contributed by atoms with E-state index in [2.05, 4.69) is 10.0 Å². The monoisotopic (exact) mass is 454 g/mol. The van der Waals surface area contributed by atoms with E-state index in [1.54, 1.807) is 0 Å². The van der Waals surface area contributed by atoms with E-state index in [0.29, 0.717) is 0 Å². The van der Waals surface area contributed by atoms with E-state index in [1.165, 1.54) is 24.6 Å². The predicted molar refractivity (Wildman–Crippen MR) is 116 cm³/mol. The molecule has 1 fully saturated rings. The van der Waals surface area contributed by atoms with Crippen molar-refractivity contribution in [3.05, 3.63) is 64.1 Å². The largest absolute Gasteiger partial charge is 0.352 e. The first-order valence-corrected chi connectivity index (χ1v) is 11.9. The van der Waals surface area contributed by atoms with Crippen LogP contribution in [0.25, 0.3) is 0 Å². The molecule has 1 aliphatic carbocycles. The van der Waals surface area contributed by atoms with E-state index in [0.717, 1.165) is 31.2 Å². The van der Waals surface area contributed by atoms with Gasteiger partial charge in [-0.05, 0) is 43.0 Å². The summed E-state index contributed by atoms with van der Waals surface area (Å²) in [5, 5.41) is 3.31. The molecule has 2 N–H and O–H groups in total. The molecule has 5 nitrogen and oxygen atoms in total. The summed E-state index contributed by atoms with van der Waals surface area (Å²) in [6, 6.07) is 12.6. The van der Waals surface area contributed by atoms with Crippen molar-refractivity contribution in [2.24, 2.45) is 0 Å². The van der Waals surface area contributed by atoms with Gasteiger partial charge in [0.25, 0.3) is 0 Å². The molecule has 3 rings (SSSR count). The Balaban J connectivity index is 1.83. The predicted octanol–water partition coefficient (Wildman–Crippen LogP) is 4.33. The molecule has 1 saturated carbocycles. The number of benzene rings is 2. The smallest absolute Gasteiger partial charge is 0.242 e. The Labute approximate surface area is 181 Å². The summed E-state index contributed by atoms with van der Waals surface area (Å²) in [6.07, 6.45) is 5.36. The first-order chi connectivity index (χ1) is 13.8. The van der Waals surface area contributed by atoms with Gasteiger partial charge in [-0.2, -0.15) is 4.72 Å². The van der Waals surface area contributed by atoms with Crippen molar-refractivity contribution in [2.75, 3.05) is 0 Å². The molecule has 0 saturated heterocycles. The highest BCUT2D eigenvalue weighted by Gasteiger charge is 2.29. The lowest BCUT2D eigenvalue weighted by molar-refractivity contribution is -0.123. The minimum atomic E-state index is -4.05. The van der Waals surface area contributed by atoms with Crippen molar-refractivity contribution in [3.63, 3.8) is 0 Å². The van der Waals surface area contributed by atoms with Crippen molar-refractivity contribution in [2.45, 2.75) is 55.5 Å². The minimum Gasteiger partial charge on any atom is -0.352 e. The number of nitrogens with one attached hydrogen (secondary N) is 2. The zero-order chi connectivity index (χ0) is 20.9. The third kappa shape index (κ3) is 6.19. The standard InChI is InChI=1S/C21H24Cl2N2O3S/c22-16-11-12-18(23)20(14-16)29(27,28)25-19(13-15-7-3-1-4-8-15)21(26)24-17-9-5-2-6-10-17/h1,3-4,7-8,11-12,14,17,19,25H,2,5-6,9-10,13H2,(H,24,26)/t19-/m0/s1. The van der Waals surface area contributed by atoms with Crippen LogP contribution in [0.3, 0.4) is 0 Å².